The highest BCUT2D eigenvalue weighted by atomic mass is 16.5. The summed E-state index contributed by atoms with van der Waals surface area (Å²) in [5.41, 5.74) is -0.778. The second kappa shape index (κ2) is 5.78. The van der Waals surface area contributed by atoms with Crippen LogP contribution in [0, 0.1) is 40.4 Å². The third-order valence-electron chi connectivity index (χ3n) is 8.11. The summed E-state index contributed by atoms with van der Waals surface area (Å²) in [5.74, 6) is -1.81. The first kappa shape index (κ1) is 18.0. The lowest BCUT2D eigenvalue weighted by atomic mass is 9.47. The van der Waals surface area contributed by atoms with E-state index in [1.807, 2.05) is 0 Å². The van der Waals surface area contributed by atoms with Crippen LogP contribution in [0.2, 0.25) is 0 Å². The molecule has 2 heterocycles. The predicted molar refractivity (Wildman–Crippen MR) is 91.1 cm³/mol. The normalized spacial score (nSPS) is 45.1. The maximum absolute atomic E-state index is 13.2. The van der Waals surface area contributed by atoms with Crippen molar-refractivity contribution < 1.29 is 29.0 Å². The number of ether oxygens (including phenoxy) is 2. The molecule has 2 saturated heterocycles. The zero-order chi connectivity index (χ0) is 18.9. The van der Waals surface area contributed by atoms with Gasteiger partial charge in [-0.2, -0.15) is 0 Å². The van der Waals surface area contributed by atoms with Crippen molar-refractivity contribution >= 4 is 17.7 Å². The average molecular weight is 364 g/mol. The summed E-state index contributed by atoms with van der Waals surface area (Å²) in [4.78, 5) is 37.2. The van der Waals surface area contributed by atoms with Gasteiger partial charge in [0, 0.05) is 12.3 Å². The van der Waals surface area contributed by atoms with Crippen LogP contribution in [0.5, 0.6) is 0 Å². The van der Waals surface area contributed by atoms with Crippen molar-refractivity contribution in [3.8, 4) is 0 Å². The minimum absolute atomic E-state index is 0.0456. The molecule has 1 N–H and O–H groups in total. The topological polar surface area (TPSA) is 89.9 Å². The van der Waals surface area contributed by atoms with E-state index >= 15 is 0 Å². The van der Waals surface area contributed by atoms with Crippen LogP contribution in [0.15, 0.2) is 0 Å². The van der Waals surface area contributed by atoms with Gasteiger partial charge in [0.2, 0.25) is 0 Å². The van der Waals surface area contributed by atoms with Crippen LogP contribution in [-0.2, 0) is 23.9 Å². The summed E-state index contributed by atoms with van der Waals surface area (Å²) in [6, 6.07) is 0. The highest BCUT2D eigenvalue weighted by Crippen LogP contribution is 2.62. The highest BCUT2D eigenvalue weighted by molar-refractivity contribution is 5.90. The van der Waals surface area contributed by atoms with Crippen LogP contribution in [0.1, 0.15) is 46.5 Å². The smallest absolute Gasteiger partial charge is 0.309 e. The molecule has 6 nitrogen and oxygen atoms in total. The van der Waals surface area contributed by atoms with Crippen molar-refractivity contribution in [2.75, 3.05) is 13.2 Å². The summed E-state index contributed by atoms with van der Waals surface area (Å²) in [5, 5.41) is 9.35. The molecule has 0 amide bonds. The Morgan fingerprint density at radius 3 is 2.69 bits per heavy atom. The van der Waals surface area contributed by atoms with Crippen molar-refractivity contribution in [1.29, 1.82) is 0 Å². The lowest BCUT2D eigenvalue weighted by molar-refractivity contribution is -0.195. The van der Waals surface area contributed by atoms with Crippen LogP contribution < -0.4 is 0 Å². The second-order valence-corrected chi connectivity index (χ2v) is 9.38. The van der Waals surface area contributed by atoms with Gasteiger partial charge in [-0.3, -0.25) is 14.4 Å². The van der Waals surface area contributed by atoms with Gasteiger partial charge in [-0.15, -0.1) is 0 Å². The number of cyclic esters (lactones) is 1. The molecule has 1 spiro atoms. The number of esters is 1. The first-order valence-electron chi connectivity index (χ1n) is 9.74. The molecular formula is C20H28O6. The first-order valence-corrected chi connectivity index (χ1v) is 9.74. The van der Waals surface area contributed by atoms with Gasteiger partial charge in [0.15, 0.2) is 0 Å². The number of hydrogen-bond donors (Lipinski definition) is 1. The summed E-state index contributed by atoms with van der Waals surface area (Å²) >= 11 is 0. The number of aliphatic carboxylic acids is 1. The lowest BCUT2D eigenvalue weighted by Gasteiger charge is -2.56. The molecule has 2 bridgehead atoms. The molecule has 4 aliphatic rings. The molecular weight excluding hydrogens is 336 g/mol. The zero-order valence-corrected chi connectivity index (χ0v) is 15.7. The fraction of sp³-hybridized carbons (Fsp3) is 0.850. The number of carbonyl (C=O) groups excluding carboxylic acids is 2. The number of fused-ring (bicyclic) bond motifs is 5. The Kier molecular flexibility index (Phi) is 3.99. The maximum Gasteiger partial charge on any atom is 0.309 e. The lowest BCUT2D eigenvalue weighted by Crippen LogP contribution is -2.63. The highest BCUT2D eigenvalue weighted by Gasteiger charge is 2.68. The molecule has 7 unspecified atom stereocenters. The Hall–Kier alpha value is -1.43. The van der Waals surface area contributed by atoms with Crippen LogP contribution in [0.25, 0.3) is 0 Å². The molecule has 6 heteroatoms. The molecule has 2 saturated carbocycles. The molecule has 2 aliphatic carbocycles. The second-order valence-electron chi connectivity index (χ2n) is 9.38. The van der Waals surface area contributed by atoms with Gasteiger partial charge in [0.05, 0.1) is 30.0 Å². The molecule has 0 aromatic heterocycles. The molecule has 0 aromatic carbocycles. The number of Topliss-reactive ketones (excluding diaryl/α,β-unsaturated/α-hetero) is 1. The van der Waals surface area contributed by atoms with Crippen LogP contribution in [0.4, 0.5) is 0 Å². The van der Waals surface area contributed by atoms with Gasteiger partial charge in [0.25, 0.3) is 0 Å². The van der Waals surface area contributed by atoms with E-state index in [0.717, 1.165) is 6.42 Å². The van der Waals surface area contributed by atoms with E-state index in [1.165, 1.54) is 0 Å². The number of hydrogen-bond acceptors (Lipinski definition) is 5. The summed E-state index contributed by atoms with van der Waals surface area (Å²) in [6.07, 6.45) is 2.30. The molecule has 26 heavy (non-hydrogen) atoms. The van der Waals surface area contributed by atoms with E-state index in [1.54, 1.807) is 6.92 Å². The third kappa shape index (κ3) is 2.23. The van der Waals surface area contributed by atoms with Gasteiger partial charge in [-0.25, -0.2) is 0 Å². The van der Waals surface area contributed by atoms with Crippen LogP contribution >= 0.6 is 0 Å². The van der Waals surface area contributed by atoms with Crippen molar-refractivity contribution in [3.63, 3.8) is 0 Å². The number of carboxylic acid groups (broad SMARTS) is 1. The minimum atomic E-state index is -0.825. The van der Waals surface area contributed by atoms with Crippen LogP contribution in [-0.4, -0.2) is 42.1 Å². The zero-order valence-electron chi connectivity index (χ0n) is 15.7. The number of carbonyl (C=O) groups is 3. The monoisotopic (exact) mass is 364 g/mol. The average Bonchev–Trinajstić information content (AvgIpc) is 2.80. The first-order chi connectivity index (χ1) is 12.2. The Bertz CT molecular complexity index is 655. The number of rotatable bonds is 2. The van der Waals surface area contributed by atoms with Gasteiger partial charge in [-0.1, -0.05) is 20.8 Å². The summed E-state index contributed by atoms with van der Waals surface area (Å²) < 4.78 is 11.5. The van der Waals surface area contributed by atoms with E-state index in [2.05, 4.69) is 13.8 Å². The molecule has 2 aliphatic heterocycles. The standard InChI is InChI=1S/C20H28O6/c1-10(17(22)23)11-4-5-13-12(6-11)18(24)26-9-20(13)14-8-25-16(7-15(20)21)19(14,2)3/h10-14,16H,4-9H2,1-3H3,(H,22,23). The predicted octanol–water partition coefficient (Wildman–Crippen LogP) is 2.30. The van der Waals surface area contributed by atoms with Gasteiger partial charge in [-0.05, 0) is 36.5 Å². The number of carboxylic acids is 1. The largest absolute Gasteiger partial charge is 0.481 e. The molecule has 4 rings (SSSR count). The quantitative estimate of drug-likeness (QED) is 0.756. The van der Waals surface area contributed by atoms with Crippen molar-refractivity contribution in [2.45, 2.75) is 52.6 Å². The van der Waals surface area contributed by atoms with E-state index in [0.29, 0.717) is 25.9 Å². The number of ketones is 1. The van der Waals surface area contributed by atoms with Gasteiger partial charge >= 0.3 is 11.9 Å². The fourth-order valence-electron chi connectivity index (χ4n) is 6.34. The molecule has 0 aromatic rings. The van der Waals surface area contributed by atoms with Crippen molar-refractivity contribution in [1.82, 2.24) is 0 Å². The van der Waals surface area contributed by atoms with Crippen LogP contribution in [0.3, 0.4) is 0 Å². The molecule has 7 atom stereocenters. The SMILES string of the molecule is CC(C(=O)O)C1CCC2C(C1)C(=O)OCC21C(=O)CC2OCC1C2(C)C. The summed E-state index contributed by atoms with van der Waals surface area (Å²) in [7, 11) is 0. The van der Waals surface area contributed by atoms with Crippen molar-refractivity contribution in [2.24, 2.45) is 40.4 Å². The van der Waals surface area contributed by atoms with E-state index in [4.69, 9.17) is 9.47 Å². The fourth-order valence-corrected chi connectivity index (χ4v) is 6.34. The Balaban J connectivity index is 1.68. The molecule has 144 valence electrons. The van der Waals surface area contributed by atoms with E-state index in [-0.39, 0.29) is 53.6 Å². The maximum atomic E-state index is 13.2. The summed E-state index contributed by atoms with van der Waals surface area (Å²) in [6.45, 7) is 6.73. The minimum Gasteiger partial charge on any atom is -0.481 e. The van der Waals surface area contributed by atoms with Gasteiger partial charge < -0.3 is 14.6 Å². The molecule has 4 fully saturated rings. The third-order valence-corrected chi connectivity index (χ3v) is 8.11. The van der Waals surface area contributed by atoms with E-state index in [9.17, 15) is 19.5 Å². The Labute approximate surface area is 153 Å². The van der Waals surface area contributed by atoms with Gasteiger partial charge in [0.1, 0.15) is 12.4 Å². The Morgan fingerprint density at radius 1 is 1.27 bits per heavy atom. The molecule has 0 radical (unpaired) electrons. The Morgan fingerprint density at radius 2 is 2.00 bits per heavy atom. The van der Waals surface area contributed by atoms with E-state index < -0.39 is 17.3 Å². The van der Waals surface area contributed by atoms with Crippen molar-refractivity contribution in [3.05, 3.63) is 0 Å².